The molecule has 0 aromatic heterocycles. The Kier molecular flexibility index (Phi) is 7.25. The van der Waals surface area contributed by atoms with Crippen LogP contribution in [0.2, 0.25) is 0 Å². The molecule has 2 N–H and O–H groups in total. The first-order valence-corrected chi connectivity index (χ1v) is 6.70. The lowest BCUT2D eigenvalue weighted by Gasteiger charge is -2.35. The molecule has 0 aromatic carbocycles. The van der Waals surface area contributed by atoms with Gasteiger partial charge in [0.25, 0.3) is 0 Å². The molecule has 0 bridgehead atoms. The normalized spacial score (nSPS) is 18.2. The third-order valence-corrected chi connectivity index (χ3v) is 3.06. The first-order chi connectivity index (χ1) is 7.32. The fourth-order valence-corrected chi connectivity index (χ4v) is 2.07. The Bertz CT molecular complexity index is 174. The number of nitrogens with two attached hydrogens (primary N) is 1. The quantitative estimate of drug-likeness (QED) is 0.724. The van der Waals surface area contributed by atoms with Crippen LogP contribution in [0.1, 0.15) is 60.8 Å². The van der Waals surface area contributed by atoms with Gasteiger partial charge >= 0.3 is 0 Å². The molecular weight excluding hydrogens is 198 g/mol. The summed E-state index contributed by atoms with van der Waals surface area (Å²) in [5, 5.41) is 0. The van der Waals surface area contributed by atoms with Gasteiger partial charge in [-0.15, -0.1) is 0 Å². The molecule has 0 aliphatic heterocycles. The maximum atomic E-state index is 6.14. The predicted octanol–water partition coefficient (Wildman–Crippen LogP) is 3.59. The van der Waals surface area contributed by atoms with Gasteiger partial charge in [0.2, 0.25) is 0 Å². The molecule has 98 valence electrons. The number of hydrogen-bond acceptors (Lipinski definition) is 2. The predicted molar refractivity (Wildman–Crippen MR) is 71.5 cm³/mol. The first-order valence-electron chi connectivity index (χ1n) is 6.70. The lowest BCUT2D eigenvalue weighted by molar-refractivity contribution is -0.0473. The molecular formula is C14H31NO. The van der Waals surface area contributed by atoms with E-state index >= 15 is 0 Å². The molecule has 0 spiro atoms. The van der Waals surface area contributed by atoms with Crippen molar-refractivity contribution in [2.45, 2.75) is 73.0 Å². The minimum atomic E-state index is 0.126. The van der Waals surface area contributed by atoms with E-state index in [1.165, 1.54) is 12.8 Å². The second-order valence-electron chi connectivity index (χ2n) is 6.09. The van der Waals surface area contributed by atoms with Crippen LogP contribution < -0.4 is 5.73 Å². The number of rotatable bonds is 7. The largest absolute Gasteiger partial charge is 0.376 e. The van der Waals surface area contributed by atoms with Gasteiger partial charge in [0.1, 0.15) is 0 Å². The van der Waals surface area contributed by atoms with E-state index in [1.807, 2.05) is 0 Å². The van der Waals surface area contributed by atoms with Crippen LogP contribution in [0.3, 0.4) is 0 Å². The Balaban J connectivity index is 4.23. The van der Waals surface area contributed by atoms with Crippen LogP contribution in [0.25, 0.3) is 0 Å². The van der Waals surface area contributed by atoms with Gasteiger partial charge in [0.05, 0.1) is 6.10 Å². The summed E-state index contributed by atoms with van der Waals surface area (Å²) in [7, 11) is 0. The zero-order valence-electron chi connectivity index (χ0n) is 12.0. The van der Waals surface area contributed by atoms with E-state index in [0.29, 0.717) is 5.92 Å². The molecule has 3 unspecified atom stereocenters. The van der Waals surface area contributed by atoms with Crippen LogP contribution in [-0.2, 0) is 4.74 Å². The molecule has 0 aromatic rings. The Morgan fingerprint density at radius 2 is 1.75 bits per heavy atom. The van der Waals surface area contributed by atoms with Crippen LogP contribution in [0, 0.1) is 11.3 Å². The van der Waals surface area contributed by atoms with Crippen LogP contribution in [-0.4, -0.2) is 18.8 Å². The summed E-state index contributed by atoms with van der Waals surface area (Å²) in [5.74, 6) is 0.638. The lowest BCUT2D eigenvalue weighted by atomic mass is 9.84. The van der Waals surface area contributed by atoms with E-state index in [-0.39, 0.29) is 17.6 Å². The molecule has 3 atom stereocenters. The molecule has 2 nitrogen and oxygen atoms in total. The van der Waals surface area contributed by atoms with Crippen molar-refractivity contribution in [3.05, 3.63) is 0 Å². The average Bonchev–Trinajstić information content (AvgIpc) is 2.16. The summed E-state index contributed by atoms with van der Waals surface area (Å²) in [6.45, 7) is 14.1. The smallest absolute Gasteiger partial charge is 0.0774 e. The van der Waals surface area contributed by atoms with E-state index < -0.39 is 0 Å². The minimum Gasteiger partial charge on any atom is -0.376 e. The summed E-state index contributed by atoms with van der Waals surface area (Å²) >= 11 is 0. The average molecular weight is 229 g/mol. The molecule has 0 fully saturated rings. The summed E-state index contributed by atoms with van der Waals surface area (Å²) in [4.78, 5) is 0. The maximum Gasteiger partial charge on any atom is 0.0774 e. The van der Waals surface area contributed by atoms with E-state index in [2.05, 4.69) is 41.5 Å². The first kappa shape index (κ1) is 15.9. The van der Waals surface area contributed by atoms with E-state index in [4.69, 9.17) is 10.5 Å². The third kappa shape index (κ3) is 5.86. The highest BCUT2D eigenvalue weighted by molar-refractivity contribution is 4.83. The van der Waals surface area contributed by atoms with Crippen molar-refractivity contribution in [3.8, 4) is 0 Å². The van der Waals surface area contributed by atoms with Gasteiger partial charge in [-0.05, 0) is 24.2 Å². The highest BCUT2D eigenvalue weighted by Gasteiger charge is 2.30. The topological polar surface area (TPSA) is 35.2 Å². The SMILES string of the molecule is CCCC(C)COC(C(N)CC)C(C)(C)C. The van der Waals surface area contributed by atoms with Crippen LogP contribution in [0.4, 0.5) is 0 Å². The summed E-state index contributed by atoms with van der Waals surface area (Å²) in [6, 6.07) is 0.147. The molecule has 0 rings (SSSR count). The molecule has 0 saturated heterocycles. The highest BCUT2D eigenvalue weighted by atomic mass is 16.5. The zero-order chi connectivity index (χ0) is 12.8. The monoisotopic (exact) mass is 229 g/mol. The molecule has 0 aliphatic carbocycles. The Labute approximate surface area is 102 Å². The summed E-state index contributed by atoms with van der Waals surface area (Å²) in [6.07, 6.45) is 3.60. The van der Waals surface area contributed by atoms with E-state index in [9.17, 15) is 0 Å². The second-order valence-corrected chi connectivity index (χ2v) is 6.09. The molecule has 16 heavy (non-hydrogen) atoms. The van der Waals surface area contributed by atoms with Crippen molar-refractivity contribution < 1.29 is 4.74 Å². The van der Waals surface area contributed by atoms with Crippen LogP contribution >= 0.6 is 0 Å². The van der Waals surface area contributed by atoms with Gasteiger partial charge in [0, 0.05) is 12.6 Å². The zero-order valence-corrected chi connectivity index (χ0v) is 12.0. The van der Waals surface area contributed by atoms with Crippen LogP contribution in [0.5, 0.6) is 0 Å². The molecule has 2 heteroatoms. The maximum absolute atomic E-state index is 6.14. The lowest BCUT2D eigenvalue weighted by Crippen LogP contribution is -2.45. The van der Waals surface area contributed by atoms with Gasteiger partial charge in [-0.3, -0.25) is 0 Å². The van der Waals surface area contributed by atoms with Gasteiger partial charge in [-0.25, -0.2) is 0 Å². The van der Waals surface area contributed by atoms with Crippen molar-refractivity contribution in [2.24, 2.45) is 17.1 Å². The molecule has 0 radical (unpaired) electrons. The minimum absolute atomic E-state index is 0.126. The summed E-state index contributed by atoms with van der Waals surface area (Å²) < 4.78 is 6.05. The second kappa shape index (κ2) is 7.29. The van der Waals surface area contributed by atoms with Gasteiger partial charge < -0.3 is 10.5 Å². The van der Waals surface area contributed by atoms with E-state index in [1.54, 1.807) is 0 Å². The number of ether oxygens (including phenoxy) is 1. The molecule has 0 aliphatic rings. The van der Waals surface area contributed by atoms with Crippen LogP contribution in [0.15, 0.2) is 0 Å². The Morgan fingerprint density at radius 1 is 1.19 bits per heavy atom. The van der Waals surface area contributed by atoms with Gasteiger partial charge in [-0.2, -0.15) is 0 Å². The van der Waals surface area contributed by atoms with Crippen molar-refractivity contribution in [2.75, 3.05) is 6.61 Å². The van der Waals surface area contributed by atoms with Crippen molar-refractivity contribution in [1.29, 1.82) is 0 Å². The van der Waals surface area contributed by atoms with E-state index in [0.717, 1.165) is 13.0 Å². The summed E-state index contributed by atoms with van der Waals surface area (Å²) in [5.41, 5.74) is 6.26. The van der Waals surface area contributed by atoms with Crippen molar-refractivity contribution in [3.63, 3.8) is 0 Å². The Morgan fingerprint density at radius 3 is 2.12 bits per heavy atom. The van der Waals surface area contributed by atoms with Gasteiger partial charge in [-0.1, -0.05) is 48.0 Å². The Hall–Kier alpha value is -0.0800. The molecule has 0 amide bonds. The standard InChI is InChI=1S/C14H31NO/c1-7-9-11(3)10-16-13(12(15)8-2)14(4,5)6/h11-13H,7-10,15H2,1-6H3. The van der Waals surface area contributed by atoms with Crippen molar-refractivity contribution in [1.82, 2.24) is 0 Å². The fourth-order valence-electron chi connectivity index (χ4n) is 2.07. The highest BCUT2D eigenvalue weighted by Crippen LogP contribution is 2.26. The van der Waals surface area contributed by atoms with Crippen molar-refractivity contribution >= 4 is 0 Å². The fraction of sp³-hybridized carbons (Fsp3) is 1.00. The molecule has 0 heterocycles. The number of hydrogen-bond donors (Lipinski definition) is 1. The molecule has 0 saturated carbocycles. The van der Waals surface area contributed by atoms with Gasteiger partial charge in [0.15, 0.2) is 0 Å². The third-order valence-electron chi connectivity index (χ3n) is 3.06.